The molecule has 3 amide bonds. The van der Waals surface area contributed by atoms with Gasteiger partial charge in [-0.25, -0.2) is 4.79 Å². The van der Waals surface area contributed by atoms with E-state index in [0.717, 1.165) is 51.0 Å². The molecule has 226 valence electrons. The van der Waals surface area contributed by atoms with Gasteiger partial charge in [0.2, 0.25) is 6.29 Å². The molecule has 10 heteroatoms. The average molecular weight is 570 g/mol. The first-order valence-corrected chi connectivity index (χ1v) is 14.9. The Morgan fingerprint density at radius 2 is 1.73 bits per heavy atom. The smallest absolute Gasteiger partial charge is 0.317 e. The molecule has 10 nitrogen and oxygen atoms in total. The third kappa shape index (κ3) is 11.5. The number of aromatic hydroxyl groups is 1. The normalized spacial score (nSPS) is 14.4. The number of nitrogens with one attached hydrogen (secondary N) is 3. The Labute approximate surface area is 243 Å². The number of unbranched alkanes of at least 4 members (excludes halogenated alkanes) is 5. The third-order valence-electron chi connectivity index (χ3n) is 7.33. The van der Waals surface area contributed by atoms with E-state index in [-0.39, 0.29) is 29.6 Å². The zero-order valence-electron chi connectivity index (χ0n) is 24.2. The second-order valence-corrected chi connectivity index (χ2v) is 10.7. The van der Waals surface area contributed by atoms with Crippen LogP contribution in [0.15, 0.2) is 42.5 Å². The monoisotopic (exact) mass is 569 g/mol. The molecule has 7 N–H and O–H groups in total. The fourth-order valence-electron chi connectivity index (χ4n) is 4.89. The van der Waals surface area contributed by atoms with E-state index in [1.807, 2.05) is 4.90 Å². The van der Waals surface area contributed by atoms with Crippen LogP contribution in [0.5, 0.6) is 11.5 Å². The summed E-state index contributed by atoms with van der Waals surface area (Å²) >= 11 is 0. The van der Waals surface area contributed by atoms with Crippen LogP contribution in [0.4, 0.5) is 10.5 Å². The zero-order chi connectivity index (χ0) is 29.5. The molecule has 0 radical (unpaired) electrons. The molecule has 2 aromatic carbocycles. The number of hydrogen-bond acceptors (Lipinski definition) is 7. The lowest BCUT2D eigenvalue weighted by Gasteiger charge is -2.33. The number of amides is 3. The molecule has 0 aromatic heterocycles. The van der Waals surface area contributed by atoms with Crippen LogP contribution in [0.25, 0.3) is 0 Å². The Hall–Kier alpha value is -3.50. The third-order valence-corrected chi connectivity index (χ3v) is 7.33. The maximum Gasteiger partial charge on any atom is 0.317 e. The Bertz CT molecular complexity index is 1070. The van der Waals surface area contributed by atoms with Gasteiger partial charge in [-0.1, -0.05) is 51.2 Å². The summed E-state index contributed by atoms with van der Waals surface area (Å²) < 4.78 is 5.40. The van der Waals surface area contributed by atoms with Crippen molar-refractivity contribution < 1.29 is 24.5 Å². The highest BCUT2D eigenvalue weighted by molar-refractivity contribution is 5.95. The molecule has 2 aromatic rings. The second-order valence-electron chi connectivity index (χ2n) is 10.7. The van der Waals surface area contributed by atoms with Gasteiger partial charge in [0.15, 0.2) is 0 Å². The van der Waals surface area contributed by atoms with E-state index in [0.29, 0.717) is 12.6 Å². The Morgan fingerprint density at radius 1 is 1.02 bits per heavy atom. The number of carbonyl (C=O) groups excluding carboxylic acids is 2. The molecule has 1 saturated heterocycles. The molecule has 1 atom stereocenters. The van der Waals surface area contributed by atoms with Crippen molar-refractivity contribution in [1.82, 2.24) is 15.5 Å². The van der Waals surface area contributed by atoms with Crippen molar-refractivity contribution in [3.63, 3.8) is 0 Å². The number of phenols is 1. The molecule has 0 unspecified atom stereocenters. The summed E-state index contributed by atoms with van der Waals surface area (Å²) in [5.41, 5.74) is 7.39. The molecule has 1 fully saturated rings. The van der Waals surface area contributed by atoms with Crippen LogP contribution >= 0.6 is 0 Å². The minimum absolute atomic E-state index is 0.0617. The molecule has 41 heavy (non-hydrogen) atoms. The zero-order valence-corrected chi connectivity index (χ0v) is 24.2. The fourth-order valence-corrected chi connectivity index (χ4v) is 4.89. The average Bonchev–Trinajstić information content (AvgIpc) is 2.97. The first-order chi connectivity index (χ1) is 19.9. The van der Waals surface area contributed by atoms with Gasteiger partial charge in [-0.3, -0.25) is 4.79 Å². The molecular formula is C31H47N5O5. The lowest BCUT2D eigenvalue weighted by atomic mass is 10.0. The van der Waals surface area contributed by atoms with Gasteiger partial charge in [0.1, 0.15) is 11.5 Å². The van der Waals surface area contributed by atoms with Crippen molar-refractivity contribution in [3.05, 3.63) is 53.6 Å². The quantitative estimate of drug-likeness (QED) is 0.125. The predicted molar refractivity (Wildman–Crippen MR) is 161 cm³/mol. The number of rotatable bonds is 17. The van der Waals surface area contributed by atoms with Gasteiger partial charge in [0.05, 0.1) is 12.1 Å². The number of nitrogens with zero attached hydrogens (tertiary/aromatic N) is 1. The first-order valence-electron chi connectivity index (χ1n) is 14.9. The molecule has 0 spiro atoms. The molecule has 1 aliphatic rings. The lowest BCUT2D eigenvalue weighted by molar-refractivity contribution is -0.0150. The van der Waals surface area contributed by atoms with Crippen molar-refractivity contribution in [3.8, 4) is 11.5 Å². The van der Waals surface area contributed by atoms with Gasteiger partial charge in [0, 0.05) is 31.4 Å². The topological polar surface area (TPSA) is 149 Å². The number of benzene rings is 2. The molecule has 1 heterocycles. The van der Waals surface area contributed by atoms with Crippen molar-refractivity contribution in [1.29, 1.82) is 0 Å². The summed E-state index contributed by atoms with van der Waals surface area (Å²) in [6.07, 6.45) is 8.84. The summed E-state index contributed by atoms with van der Waals surface area (Å²) in [6, 6.07) is 12.8. The largest absolute Gasteiger partial charge is 0.507 e. The number of carbonyl (C=O) groups is 2. The maximum atomic E-state index is 12.5. The van der Waals surface area contributed by atoms with Crippen LogP contribution in [-0.4, -0.2) is 72.1 Å². The molecular weight excluding hydrogens is 522 g/mol. The van der Waals surface area contributed by atoms with E-state index in [1.54, 1.807) is 0 Å². The van der Waals surface area contributed by atoms with E-state index in [4.69, 9.17) is 10.5 Å². The Balaban J connectivity index is 1.27. The van der Waals surface area contributed by atoms with E-state index in [9.17, 15) is 19.8 Å². The molecule has 0 saturated carbocycles. The summed E-state index contributed by atoms with van der Waals surface area (Å²) in [5.74, 6) is -0.764. The standard InChI is InChI=1S/C31H47N5O5/c1-2-3-4-5-6-7-17-34-31(40)36-19-15-25(16-20-36)35-24-10-8-23(9-11-24)14-18-33-22-29(38)41-26-12-13-28(37)27(21-26)30(32)39/h8-13,21,25,29,33,35,37-38H,2-7,14-20,22H2,1H3,(H2,32,39)(H,34,40)/t29-/m0/s1. The number of hydrogen-bond donors (Lipinski definition) is 6. The van der Waals surface area contributed by atoms with E-state index >= 15 is 0 Å². The first kappa shape index (κ1) is 32.0. The lowest BCUT2D eigenvalue weighted by Crippen LogP contribution is -2.47. The fraction of sp³-hybridized carbons (Fsp3) is 0.548. The summed E-state index contributed by atoms with van der Waals surface area (Å²) in [5, 5.41) is 29.6. The number of ether oxygens (including phenoxy) is 1. The van der Waals surface area contributed by atoms with Crippen LogP contribution in [0.2, 0.25) is 0 Å². The highest BCUT2D eigenvalue weighted by Gasteiger charge is 2.22. The minimum Gasteiger partial charge on any atom is -0.507 e. The number of piperidine rings is 1. The van der Waals surface area contributed by atoms with Crippen molar-refractivity contribution in [2.24, 2.45) is 5.73 Å². The van der Waals surface area contributed by atoms with Gasteiger partial charge < -0.3 is 41.5 Å². The number of urea groups is 1. The summed E-state index contributed by atoms with van der Waals surface area (Å²) in [4.78, 5) is 25.7. The highest BCUT2D eigenvalue weighted by atomic mass is 16.6. The Morgan fingerprint density at radius 3 is 2.44 bits per heavy atom. The van der Waals surface area contributed by atoms with Crippen molar-refractivity contribution in [2.45, 2.75) is 77.0 Å². The van der Waals surface area contributed by atoms with Crippen molar-refractivity contribution in [2.75, 3.05) is 38.0 Å². The van der Waals surface area contributed by atoms with Crippen LogP contribution in [0, 0.1) is 0 Å². The SMILES string of the molecule is CCCCCCCCNC(=O)N1CCC(Nc2ccc(CCNC[C@@H](O)Oc3ccc(O)c(C(N)=O)c3)cc2)CC1. The van der Waals surface area contributed by atoms with Gasteiger partial charge in [-0.15, -0.1) is 0 Å². The van der Waals surface area contributed by atoms with E-state index in [2.05, 4.69) is 47.1 Å². The van der Waals surface area contributed by atoms with Gasteiger partial charge >= 0.3 is 6.03 Å². The number of aliphatic hydroxyl groups is 1. The van der Waals surface area contributed by atoms with Crippen LogP contribution in [0.1, 0.15) is 74.2 Å². The molecule has 0 aliphatic carbocycles. The number of likely N-dealkylation sites (tertiary alicyclic amines) is 1. The maximum absolute atomic E-state index is 12.5. The molecule has 3 rings (SSSR count). The van der Waals surface area contributed by atoms with E-state index in [1.165, 1.54) is 55.9 Å². The number of nitrogens with two attached hydrogens (primary N) is 1. The second kappa shape index (κ2) is 17.3. The predicted octanol–water partition coefficient (Wildman–Crippen LogP) is 3.97. The van der Waals surface area contributed by atoms with E-state index < -0.39 is 12.2 Å². The number of aliphatic hydroxyl groups excluding tert-OH is 1. The van der Waals surface area contributed by atoms with Gasteiger partial charge in [-0.05, 0) is 68.1 Å². The highest BCUT2D eigenvalue weighted by Crippen LogP contribution is 2.23. The van der Waals surface area contributed by atoms with Crippen molar-refractivity contribution >= 4 is 17.6 Å². The van der Waals surface area contributed by atoms with Crippen LogP contribution in [-0.2, 0) is 6.42 Å². The molecule has 1 aliphatic heterocycles. The Kier molecular flexibility index (Phi) is 13.5. The number of primary amides is 1. The van der Waals surface area contributed by atoms with Crippen LogP contribution < -0.4 is 26.4 Å². The summed E-state index contributed by atoms with van der Waals surface area (Å²) in [7, 11) is 0. The minimum atomic E-state index is -1.12. The number of anilines is 1. The summed E-state index contributed by atoms with van der Waals surface area (Å²) in [6.45, 7) is 5.35. The van der Waals surface area contributed by atoms with Gasteiger partial charge in [0.25, 0.3) is 5.91 Å². The van der Waals surface area contributed by atoms with Crippen LogP contribution in [0.3, 0.4) is 0 Å². The van der Waals surface area contributed by atoms with Gasteiger partial charge in [-0.2, -0.15) is 0 Å². The molecule has 0 bridgehead atoms.